The maximum atomic E-state index is 10.8. The molecule has 0 radical (unpaired) electrons. The number of aldehydes is 1. The molecule has 12 heavy (non-hydrogen) atoms. The molecule has 0 amide bonds. The molecule has 0 heterocycles. The van der Waals surface area contributed by atoms with E-state index in [1.807, 2.05) is 20.8 Å². The largest absolute Gasteiger partial charge is 0.303 e. The highest BCUT2D eigenvalue weighted by atomic mass is 16.1. The highest BCUT2D eigenvalue weighted by molar-refractivity contribution is 5.56. The highest BCUT2D eigenvalue weighted by Gasteiger charge is 2.27. The van der Waals surface area contributed by atoms with Gasteiger partial charge >= 0.3 is 0 Å². The molecule has 0 saturated heterocycles. The van der Waals surface area contributed by atoms with E-state index in [1.165, 1.54) is 0 Å². The van der Waals surface area contributed by atoms with E-state index in [0.29, 0.717) is 11.9 Å². The standard InChI is InChI=1S/C11H18O/c1-9-5-4-7-11(2,3)10(9)6-8-12/h8H,4-7H2,1-3H3/i6D2. The van der Waals surface area contributed by atoms with Crippen LogP contribution in [0.5, 0.6) is 0 Å². The van der Waals surface area contributed by atoms with Crippen molar-refractivity contribution in [3.05, 3.63) is 11.1 Å². The summed E-state index contributed by atoms with van der Waals surface area (Å²) in [4.78, 5) is 10.8. The van der Waals surface area contributed by atoms with Crippen LogP contribution in [0.4, 0.5) is 0 Å². The number of rotatable bonds is 2. The lowest BCUT2D eigenvalue weighted by molar-refractivity contribution is -0.107. The van der Waals surface area contributed by atoms with Crippen molar-refractivity contribution in [1.82, 2.24) is 0 Å². The van der Waals surface area contributed by atoms with Gasteiger partial charge in [0.2, 0.25) is 0 Å². The Balaban J connectivity index is 3.20. The van der Waals surface area contributed by atoms with Gasteiger partial charge in [-0.2, -0.15) is 0 Å². The Labute approximate surface area is 77.7 Å². The van der Waals surface area contributed by atoms with Gasteiger partial charge in [0.1, 0.15) is 6.29 Å². The van der Waals surface area contributed by atoms with E-state index in [0.717, 1.165) is 24.8 Å². The minimum atomic E-state index is -1.78. The minimum absolute atomic E-state index is 0.174. The Morgan fingerprint density at radius 3 is 2.83 bits per heavy atom. The van der Waals surface area contributed by atoms with Gasteiger partial charge in [-0.15, -0.1) is 0 Å². The van der Waals surface area contributed by atoms with Crippen LogP contribution in [0.15, 0.2) is 11.1 Å². The summed E-state index contributed by atoms with van der Waals surface area (Å²) in [7, 11) is 0. The molecule has 0 unspecified atom stereocenters. The first-order valence-corrected chi connectivity index (χ1v) is 4.48. The third kappa shape index (κ3) is 1.77. The quantitative estimate of drug-likeness (QED) is 0.457. The number of hydrogen-bond acceptors (Lipinski definition) is 1. The molecule has 1 aliphatic rings. The van der Waals surface area contributed by atoms with Crippen LogP contribution in [0, 0.1) is 5.41 Å². The Morgan fingerprint density at radius 1 is 1.67 bits per heavy atom. The molecule has 1 aliphatic carbocycles. The van der Waals surface area contributed by atoms with Gasteiger partial charge < -0.3 is 4.79 Å². The first kappa shape index (κ1) is 6.88. The van der Waals surface area contributed by atoms with Crippen LogP contribution in [0.25, 0.3) is 0 Å². The first-order valence-electron chi connectivity index (χ1n) is 5.48. The number of hydrogen-bond donors (Lipinski definition) is 0. The van der Waals surface area contributed by atoms with Crippen molar-refractivity contribution in [3.63, 3.8) is 0 Å². The molecule has 1 rings (SSSR count). The second-order valence-electron chi connectivity index (χ2n) is 4.15. The van der Waals surface area contributed by atoms with E-state index in [9.17, 15) is 4.79 Å². The van der Waals surface area contributed by atoms with Crippen molar-refractivity contribution >= 4 is 6.29 Å². The molecule has 0 aromatic carbocycles. The Bertz CT molecular complexity index is 277. The van der Waals surface area contributed by atoms with E-state index in [2.05, 4.69) is 0 Å². The molecular weight excluding hydrogens is 148 g/mol. The summed E-state index contributed by atoms with van der Waals surface area (Å²) >= 11 is 0. The Kier molecular flexibility index (Phi) is 1.96. The average molecular weight is 168 g/mol. The summed E-state index contributed by atoms with van der Waals surface area (Å²) in [6.07, 6.45) is 1.63. The van der Waals surface area contributed by atoms with Crippen molar-refractivity contribution in [2.45, 2.75) is 46.4 Å². The molecule has 0 fully saturated rings. The van der Waals surface area contributed by atoms with Gasteiger partial charge in [0.25, 0.3) is 0 Å². The number of carbonyl (C=O) groups excluding carboxylic acids is 1. The zero-order chi connectivity index (χ0) is 11.0. The maximum absolute atomic E-state index is 10.8. The van der Waals surface area contributed by atoms with Gasteiger partial charge in [-0.1, -0.05) is 25.0 Å². The van der Waals surface area contributed by atoms with Crippen LogP contribution < -0.4 is 0 Å². The Hall–Kier alpha value is -0.590. The predicted octanol–water partition coefficient (Wildman–Crippen LogP) is 3.10. The van der Waals surface area contributed by atoms with Crippen LogP contribution in [0.1, 0.15) is 49.1 Å². The molecule has 0 bridgehead atoms. The van der Waals surface area contributed by atoms with Crippen LogP contribution in [-0.2, 0) is 4.79 Å². The molecule has 0 aliphatic heterocycles. The molecule has 1 heteroatoms. The van der Waals surface area contributed by atoms with E-state index in [-0.39, 0.29) is 5.41 Å². The van der Waals surface area contributed by atoms with Gasteiger partial charge in [-0.05, 0) is 31.6 Å². The number of allylic oxidation sites excluding steroid dienone is 2. The lowest BCUT2D eigenvalue weighted by Crippen LogP contribution is -2.20. The molecule has 0 saturated carbocycles. The molecule has 0 aromatic heterocycles. The van der Waals surface area contributed by atoms with Crippen molar-refractivity contribution in [1.29, 1.82) is 0 Å². The molecule has 0 aromatic rings. The summed E-state index contributed by atoms with van der Waals surface area (Å²) in [5.74, 6) is 0. The molecular formula is C11H18O. The Morgan fingerprint density at radius 2 is 2.33 bits per heavy atom. The predicted molar refractivity (Wildman–Crippen MR) is 51.0 cm³/mol. The number of carbonyl (C=O) groups is 1. The minimum Gasteiger partial charge on any atom is -0.303 e. The smallest absolute Gasteiger partial charge is 0.124 e. The van der Waals surface area contributed by atoms with Gasteiger partial charge in [-0.3, -0.25) is 0 Å². The van der Waals surface area contributed by atoms with Crippen LogP contribution in [-0.4, -0.2) is 6.29 Å². The second-order valence-corrected chi connectivity index (χ2v) is 4.15. The van der Waals surface area contributed by atoms with Crippen molar-refractivity contribution in [3.8, 4) is 0 Å². The van der Waals surface area contributed by atoms with E-state index in [1.54, 1.807) is 0 Å². The van der Waals surface area contributed by atoms with E-state index in [4.69, 9.17) is 2.74 Å². The maximum Gasteiger partial charge on any atom is 0.124 e. The summed E-state index contributed by atoms with van der Waals surface area (Å²) in [6.45, 7) is 5.98. The topological polar surface area (TPSA) is 17.1 Å². The average Bonchev–Trinajstić information content (AvgIpc) is 2.01. The lowest BCUT2D eigenvalue weighted by Gasteiger charge is -2.33. The molecule has 0 spiro atoms. The van der Waals surface area contributed by atoms with Crippen LogP contribution >= 0.6 is 0 Å². The van der Waals surface area contributed by atoms with Crippen molar-refractivity contribution < 1.29 is 7.54 Å². The van der Waals surface area contributed by atoms with Crippen molar-refractivity contribution in [2.24, 2.45) is 5.41 Å². The fourth-order valence-corrected chi connectivity index (χ4v) is 2.00. The van der Waals surface area contributed by atoms with Gasteiger partial charge in [-0.25, -0.2) is 0 Å². The monoisotopic (exact) mass is 168 g/mol. The second kappa shape index (κ2) is 3.42. The zero-order valence-corrected chi connectivity index (χ0v) is 8.11. The molecule has 0 atom stereocenters. The first-order chi connectivity index (χ1) is 6.31. The summed E-state index contributed by atoms with van der Waals surface area (Å²) in [5.41, 5.74) is 1.58. The fourth-order valence-electron chi connectivity index (χ4n) is 2.00. The third-order valence-electron chi connectivity index (χ3n) is 2.66. The zero-order valence-electron chi connectivity index (χ0n) is 10.1. The van der Waals surface area contributed by atoms with E-state index < -0.39 is 6.37 Å². The van der Waals surface area contributed by atoms with Gasteiger partial charge in [0.05, 0.1) is 0 Å². The van der Waals surface area contributed by atoms with E-state index >= 15 is 0 Å². The summed E-state index contributed by atoms with van der Waals surface area (Å²) in [5, 5.41) is 0. The third-order valence-corrected chi connectivity index (χ3v) is 2.66. The molecule has 0 N–H and O–H groups in total. The fraction of sp³-hybridized carbons (Fsp3) is 0.727. The summed E-state index contributed by atoms with van der Waals surface area (Å²) in [6, 6.07) is 0. The van der Waals surface area contributed by atoms with Crippen LogP contribution in [0.2, 0.25) is 0 Å². The molecule has 68 valence electrons. The lowest BCUT2D eigenvalue weighted by atomic mass is 9.72. The molecule has 1 nitrogen and oxygen atoms in total. The van der Waals surface area contributed by atoms with Gasteiger partial charge in [0, 0.05) is 9.11 Å². The van der Waals surface area contributed by atoms with Crippen molar-refractivity contribution in [2.75, 3.05) is 0 Å². The van der Waals surface area contributed by atoms with Crippen LogP contribution in [0.3, 0.4) is 0 Å². The normalized spacial score (nSPS) is 26.2. The highest BCUT2D eigenvalue weighted by Crippen LogP contribution is 2.41. The SMILES string of the molecule is [2H]C([2H])(C=O)C1=C(C)CCCC1(C)C. The van der Waals surface area contributed by atoms with Gasteiger partial charge in [0.15, 0.2) is 0 Å². The summed E-state index contributed by atoms with van der Waals surface area (Å²) < 4.78 is 15.4.